The maximum absolute atomic E-state index is 14.2. The fraction of sp³-hybridized carbons (Fsp3) is 0.692. The minimum absolute atomic E-state index is 0.269. The molecule has 0 aromatic carbocycles. The van der Waals surface area contributed by atoms with E-state index in [9.17, 15) is 9.18 Å². The number of nitrogens with one attached hydrogen (secondary N) is 1. The molecule has 0 saturated carbocycles. The molecule has 1 aromatic heterocycles. The molecule has 1 aliphatic rings. The molecule has 0 spiro atoms. The molecule has 20 heavy (non-hydrogen) atoms. The molecule has 0 aliphatic carbocycles. The Morgan fingerprint density at radius 1 is 1.60 bits per heavy atom. The van der Waals surface area contributed by atoms with Crippen molar-refractivity contribution >= 4 is 12.0 Å². The van der Waals surface area contributed by atoms with Crippen LogP contribution in [-0.4, -0.2) is 40.9 Å². The van der Waals surface area contributed by atoms with Gasteiger partial charge in [0.2, 0.25) is 5.95 Å². The van der Waals surface area contributed by atoms with E-state index in [1.165, 1.54) is 0 Å². The molecular weight excluding hydrogens is 263 g/mol. The first kappa shape index (κ1) is 14.6. The maximum Gasteiger partial charge on any atom is 0.404 e. The van der Waals surface area contributed by atoms with Gasteiger partial charge in [-0.1, -0.05) is 20.8 Å². The second-order valence-corrected chi connectivity index (χ2v) is 6.12. The third-order valence-electron chi connectivity index (χ3n) is 3.54. The fourth-order valence-corrected chi connectivity index (χ4v) is 2.83. The van der Waals surface area contributed by atoms with Gasteiger partial charge >= 0.3 is 6.09 Å². The molecule has 2 heterocycles. The second-order valence-electron chi connectivity index (χ2n) is 6.12. The third-order valence-corrected chi connectivity index (χ3v) is 3.54. The lowest BCUT2D eigenvalue weighted by atomic mass is 9.78. The van der Waals surface area contributed by atoms with E-state index < -0.39 is 18.4 Å². The molecule has 3 unspecified atom stereocenters. The Balaban J connectivity index is 2.35. The van der Waals surface area contributed by atoms with Crippen LogP contribution in [0.5, 0.6) is 0 Å². The van der Waals surface area contributed by atoms with Crippen LogP contribution in [0, 0.1) is 5.41 Å². The van der Waals surface area contributed by atoms with E-state index in [0.29, 0.717) is 12.5 Å². The van der Waals surface area contributed by atoms with Gasteiger partial charge in [-0.2, -0.15) is 0 Å². The highest BCUT2D eigenvalue weighted by molar-refractivity contribution is 5.65. The van der Waals surface area contributed by atoms with Gasteiger partial charge in [0.1, 0.15) is 6.17 Å². The number of aromatic nitrogens is 2. The second kappa shape index (κ2) is 5.30. The number of ether oxygens (including phenoxy) is 1. The van der Waals surface area contributed by atoms with Crippen molar-refractivity contribution in [1.82, 2.24) is 9.97 Å². The summed E-state index contributed by atoms with van der Waals surface area (Å²) in [5, 5.41) is 0. The van der Waals surface area contributed by atoms with Crippen LogP contribution in [-0.2, 0) is 4.74 Å². The fourth-order valence-electron chi connectivity index (χ4n) is 2.83. The summed E-state index contributed by atoms with van der Waals surface area (Å²) in [6.45, 7) is 6.43. The zero-order valence-electron chi connectivity index (χ0n) is 12.0. The molecule has 7 heteroatoms. The first-order chi connectivity index (χ1) is 9.30. The van der Waals surface area contributed by atoms with Crippen LogP contribution in [0.3, 0.4) is 0 Å². The largest absolute Gasteiger partial charge is 0.441 e. The average Bonchev–Trinajstić information content (AvgIpc) is 2.82. The van der Waals surface area contributed by atoms with Crippen molar-refractivity contribution in [3.05, 3.63) is 12.4 Å². The van der Waals surface area contributed by atoms with Gasteiger partial charge in [0.05, 0.1) is 6.04 Å². The molecule has 3 atom stereocenters. The Labute approximate surface area is 117 Å². The van der Waals surface area contributed by atoms with Gasteiger partial charge in [0, 0.05) is 18.9 Å². The third kappa shape index (κ3) is 2.86. The normalized spacial score (nSPS) is 27.4. The maximum atomic E-state index is 14.2. The van der Waals surface area contributed by atoms with Crippen molar-refractivity contribution in [2.24, 2.45) is 11.1 Å². The van der Waals surface area contributed by atoms with E-state index in [4.69, 9.17) is 10.5 Å². The molecule has 112 valence electrons. The molecule has 6 nitrogen and oxygen atoms in total. The Morgan fingerprint density at radius 3 is 2.80 bits per heavy atom. The molecule has 0 bridgehead atoms. The van der Waals surface area contributed by atoms with Gasteiger partial charge in [0.25, 0.3) is 0 Å². The smallest absolute Gasteiger partial charge is 0.404 e. The van der Waals surface area contributed by atoms with E-state index in [0.717, 1.165) is 0 Å². The van der Waals surface area contributed by atoms with Crippen LogP contribution >= 0.6 is 0 Å². The lowest BCUT2D eigenvalue weighted by molar-refractivity contribution is -0.0113. The van der Waals surface area contributed by atoms with Crippen LogP contribution in [0.15, 0.2) is 12.4 Å². The van der Waals surface area contributed by atoms with Crippen LogP contribution in [0.4, 0.5) is 15.1 Å². The number of nitrogens with zero attached hydrogens (tertiary/aromatic N) is 2. The van der Waals surface area contributed by atoms with Gasteiger partial charge in [0.15, 0.2) is 6.10 Å². The summed E-state index contributed by atoms with van der Waals surface area (Å²) in [6.07, 6.45) is 0.546. The summed E-state index contributed by atoms with van der Waals surface area (Å²) in [5.41, 5.74) is 4.78. The van der Waals surface area contributed by atoms with Crippen molar-refractivity contribution in [2.75, 3.05) is 11.4 Å². The number of alkyl halides is 1. The highest BCUT2D eigenvalue weighted by atomic mass is 19.1. The predicted octanol–water partition coefficient (Wildman–Crippen LogP) is 1.84. The van der Waals surface area contributed by atoms with Gasteiger partial charge < -0.3 is 20.4 Å². The van der Waals surface area contributed by atoms with Crippen molar-refractivity contribution in [3.8, 4) is 0 Å². The number of rotatable bonds is 2. The quantitative estimate of drug-likeness (QED) is 0.868. The summed E-state index contributed by atoms with van der Waals surface area (Å²) in [5.74, 6) is 0.648. The summed E-state index contributed by atoms with van der Waals surface area (Å²) >= 11 is 0. The molecule has 3 N–H and O–H groups in total. The molecule has 2 rings (SSSR count). The number of nitrogens with two attached hydrogens (primary N) is 1. The topological polar surface area (TPSA) is 84.2 Å². The number of halogens is 1. The minimum Gasteiger partial charge on any atom is -0.441 e. The zero-order valence-corrected chi connectivity index (χ0v) is 12.0. The van der Waals surface area contributed by atoms with Crippen LogP contribution in [0.1, 0.15) is 27.2 Å². The summed E-state index contributed by atoms with van der Waals surface area (Å²) < 4.78 is 19.3. The van der Waals surface area contributed by atoms with E-state index in [-0.39, 0.29) is 17.9 Å². The molecule has 1 aliphatic heterocycles. The number of primary amides is 1. The Kier molecular flexibility index (Phi) is 3.87. The van der Waals surface area contributed by atoms with Gasteiger partial charge in [-0.05, 0) is 11.8 Å². The van der Waals surface area contributed by atoms with Crippen molar-refractivity contribution in [3.63, 3.8) is 0 Å². The van der Waals surface area contributed by atoms with Crippen molar-refractivity contribution in [1.29, 1.82) is 0 Å². The molecule has 1 saturated heterocycles. The number of H-pyrrole nitrogens is 1. The summed E-state index contributed by atoms with van der Waals surface area (Å²) in [6, 6.07) is -0.343. The molecule has 1 aromatic rings. The monoisotopic (exact) mass is 284 g/mol. The first-order valence-corrected chi connectivity index (χ1v) is 6.67. The van der Waals surface area contributed by atoms with E-state index in [1.807, 2.05) is 25.7 Å². The number of hydrogen-bond acceptors (Lipinski definition) is 4. The number of anilines is 1. The van der Waals surface area contributed by atoms with Crippen LogP contribution in [0.25, 0.3) is 0 Å². The van der Waals surface area contributed by atoms with Gasteiger partial charge in [-0.25, -0.2) is 14.2 Å². The SMILES string of the molecule is CC(C)(C)C1C(OC(N)=O)C(F)CCN1c1ncc[nH]1. The lowest BCUT2D eigenvalue weighted by Gasteiger charge is -2.48. The summed E-state index contributed by atoms with van der Waals surface area (Å²) in [7, 11) is 0. The van der Waals surface area contributed by atoms with Crippen LogP contribution in [0.2, 0.25) is 0 Å². The Bertz CT molecular complexity index is 457. The Morgan fingerprint density at radius 2 is 2.30 bits per heavy atom. The van der Waals surface area contributed by atoms with E-state index in [1.54, 1.807) is 12.4 Å². The van der Waals surface area contributed by atoms with Gasteiger partial charge in [-0.15, -0.1) is 0 Å². The van der Waals surface area contributed by atoms with Crippen molar-refractivity contribution in [2.45, 2.75) is 45.5 Å². The zero-order chi connectivity index (χ0) is 14.9. The molecule has 1 fully saturated rings. The van der Waals surface area contributed by atoms with E-state index >= 15 is 0 Å². The Hall–Kier alpha value is -1.79. The highest BCUT2D eigenvalue weighted by Gasteiger charge is 2.47. The minimum atomic E-state index is -1.22. The molecule has 1 amide bonds. The molecule has 0 radical (unpaired) electrons. The van der Waals surface area contributed by atoms with E-state index in [2.05, 4.69) is 9.97 Å². The number of imidazole rings is 1. The molecular formula is C13H21FN4O2. The number of piperidine rings is 1. The standard InChI is InChI=1S/C13H21FN4O2/c1-13(2,3)10-9(20-11(15)19)8(14)4-7-18(10)12-16-5-6-17-12/h5-6,8-10H,4,7H2,1-3H3,(H2,15,19)(H,16,17). The first-order valence-electron chi connectivity index (χ1n) is 6.67. The summed E-state index contributed by atoms with van der Waals surface area (Å²) in [4.78, 5) is 20.3. The number of carbonyl (C=O) groups is 1. The number of carbonyl (C=O) groups excluding carboxylic acids is 1. The highest BCUT2D eigenvalue weighted by Crippen LogP contribution is 2.36. The number of aromatic amines is 1. The van der Waals surface area contributed by atoms with Gasteiger partial charge in [-0.3, -0.25) is 0 Å². The number of hydrogen-bond donors (Lipinski definition) is 2. The lowest BCUT2D eigenvalue weighted by Crippen LogP contribution is -2.61. The average molecular weight is 284 g/mol. The number of amides is 1. The predicted molar refractivity (Wildman–Crippen MR) is 73.1 cm³/mol. The van der Waals surface area contributed by atoms with Crippen molar-refractivity contribution < 1.29 is 13.9 Å². The van der Waals surface area contributed by atoms with Crippen LogP contribution < -0.4 is 10.6 Å².